The predicted molar refractivity (Wildman–Crippen MR) is 98.4 cm³/mol. The summed E-state index contributed by atoms with van der Waals surface area (Å²) in [6.45, 7) is 0.422. The first kappa shape index (κ1) is 19.8. The van der Waals surface area contributed by atoms with E-state index in [0.717, 1.165) is 29.9 Å². The van der Waals surface area contributed by atoms with E-state index >= 15 is 0 Å². The number of carbonyl (C=O) groups excluding carboxylic acids is 1. The Hall–Kier alpha value is -1.99. The highest BCUT2D eigenvalue weighted by atomic mass is 32.2. The maximum Gasteiger partial charge on any atom is 0.416 e. The summed E-state index contributed by atoms with van der Waals surface area (Å²) < 4.78 is 38.2. The molecule has 0 aliphatic heterocycles. The average Bonchev–Trinajstić information content (AvgIpc) is 3.40. The van der Waals surface area contributed by atoms with Crippen LogP contribution in [0.5, 0.6) is 0 Å². The molecule has 0 bridgehead atoms. The minimum Gasteiger partial charge on any atom is -0.383 e. The van der Waals surface area contributed by atoms with Crippen molar-refractivity contribution in [1.82, 2.24) is 5.32 Å². The van der Waals surface area contributed by atoms with Crippen LogP contribution in [0.15, 0.2) is 59.5 Å². The fourth-order valence-electron chi connectivity index (χ4n) is 2.75. The summed E-state index contributed by atoms with van der Waals surface area (Å²) >= 11 is 1.70. The van der Waals surface area contributed by atoms with Crippen molar-refractivity contribution >= 4 is 17.7 Å². The van der Waals surface area contributed by atoms with Crippen molar-refractivity contribution in [3.05, 3.63) is 65.7 Å². The van der Waals surface area contributed by atoms with Crippen LogP contribution < -0.4 is 5.32 Å². The molecule has 2 aromatic rings. The minimum atomic E-state index is -4.45. The van der Waals surface area contributed by atoms with Crippen LogP contribution in [-0.4, -0.2) is 28.4 Å². The maximum absolute atomic E-state index is 12.8. The van der Waals surface area contributed by atoms with E-state index in [1.54, 1.807) is 11.8 Å². The molecular formula is C20H20F3NO2S. The zero-order valence-corrected chi connectivity index (χ0v) is 15.3. The fraction of sp³-hybridized carbons (Fsp3) is 0.350. The van der Waals surface area contributed by atoms with Crippen LogP contribution in [0.2, 0.25) is 0 Å². The summed E-state index contributed by atoms with van der Waals surface area (Å²) in [6.07, 6.45) is -4.05. The van der Waals surface area contributed by atoms with Crippen molar-refractivity contribution in [2.45, 2.75) is 41.2 Å². The monoisotopic (exact) mass is 395 g/mol. The Morgan fingerprint density at radius 3 is 2.48 bits per heavy atom. The van der Waals surface area contributed by atoms with Crippen LogP contribution in [0, 0.1) is 0 Å². The van der Waals surface area contributed by atoms with Gasteiger partial charge < -0.3 is 10.4 Å². The SMILES string of the molecule is O=C(NCC1(Sc2ccccc2)CC1)[C@H](O)Cc1cccc(C(F)(F)F)c1. The lowest BCUT2D eigenvalue weighted by Crippen LogP contribution is -2.40. The molecule has 1 aliphatic rings. The van der Waals surface area contributed by atoms with Crippen LogP contribution in [0.4, 0.5) is 13.2 Å². The summed E-state index contributed by atoms with van der Waals surface area (Å²) in [4.78, 5) is 13.3. The first-order valence-electron chi connectivity index (χ1n) is 8.63. The standard InChI is InChI=1S/C20H20F3NO2S/c21-20(22,23)15-6-4-5-14(11-15)12-17(25)18(26)24-13-19(9-10-19)27-16-7-2-1-3-8-16/h1-8,11,17,25H,9-10,12-13H2,(H,24,26)/t17-/m1/s1. The maximum atomic E-state index is 12.8. The number of carbonyl (C=O) groups is 1. The number of rotatable bonds is 7. The van der Waals surface area contributed by atoms with E-state index < -0.39 is 23.8 Å². The van der Waals surface area contributed by atoms with Crippen molar-refractivity contribution in [2.75, 3.05) is 6.54 Å². The van der Waals surface area contributed by atoms with Gasteiger partial charge in [-0.15, -0.1) is 11.8 Å². The summed E-state index contributed by atoms with van der Waals surface area (Å²) in [7, 11) is 0. The molecule has 27 heavy (non-hydrogen) atoms. The smallest absolute Gasteiger partial charge is 0.383 e. The Morgan fingerprint density at radius 1 is 1.15 bits per heavy atom. The third kappa shape index (κ3) is 5.49. The molecule has 144 valence electrons. The molecule has 2 aromatic carbocycles. The Bertz CT molecular complexity index is 791. The molecule has 0 saturated heterocycles. The number of thioether (sulfide) groups is 1. The summed E-state index contributed by atoms with van der Waals surface area (Å²) in [6, 6.07) is 14.5. The number of amides is 1. The zero-order chi connectivity index (χ0) is 19.5. The minimum absolute atomic E-state index is 0.0626. The van der Waals surface area contributed by atoms with Gasteiger partial charge in [0.05, 0.1) is 5.56 Å². The van der Waals surface area contributed by atoms with Crippen LogP contribution >= 0.6 is 11.8 Å². The molecule has 0 unspecified atom stereocenters. The van der Waals surface area contributed by atoms with Gasteiger partial charge >= 0.3 is 6.18 Å². The van der Waals surface area contributed by atoms with Crippen molar-refractivity contribution in [3.63, 3.8) is 0 Å². The normalized spacial score (nSPS) is 16.6. The van der Waals surface area contributed by atoms with Crippen LogP contribution in [0.1, 0.15) is 24.0 Å². The molecule has 1 fully saturated rings. The zero-order valence-electron chi connectivity index (χ0n) is 14.5. The highest BCUT2D eigenvalue weighted by molar-refractivity contribution is 8.01. The third-order valence-electron chi connectivity index (χ3n) is 4.46. The molecule has 0 aromatic heterocycles. The van der Waals surface area contributed by atoms with Gasteiger partial charge in [0.1, 0.15) is 6.10 Å². The van der Waals surface area contributed by atoms with Crippen LogP contribution in [0.3, 0.4) is 0 Å². The number of hydrogen-bond acceptors (Lipinski definition) is 3. The molecule has 1 saturated carbocycles. The second-order valence-electron chi connectivity index (χ2n) is 6.73. The molecule has 0 radical (unpaired) electrons. The lowest BCUT2D eigenvalue weighted by Gasteiger charge is -2.18. The fourth-order valence-corrected chi connectivity index (χ4v) is 3.99. The topological polar surface area (TPSA) is 49.3 Å². The molecule has 2 N–H and O–H groups in total. The number of benzene rings is 2. The van der Waals surface area contributed by atoms with E-state index in [1.165, 1.54) is 12.1 Å². The van der Waals surface area contributed by atoms with Crippen LogP contribution in [0.25, 0.3) is 0 Å². The van der Waals surface area contributed by atoms with Gasteiger partial charge in [0.25, 0.3) is 0 Å². The average molecular weight is 395 g/mol. The van der Waals surface area contributed by atoms with Crippen LogP contribution in [-0.2, 0) is 17.4 Å². The van der Waals surface area contributed by atoms with Gasteiger partial charge in [-0.05, 0) is 36.6 Å². The van der Waals surface area contributed by atoms with E-state index in [1.807, 2.05) is 30.3 Å². The first-order chi connectivity index (χ1) is 12.8. The summed E-state index contributed by atoms with van der Waals surface area (Å²) in [5.74, 6) is -0.563. The number of nitrogens with one attached hydrogen (secondary N) is 1. The summed E-state index contributed by atoms with van der Waals surface area (Å²) in [5.41, 5.74) is -0.518. The van der Waals surface area contributed by atoms with E-state index in [2.05, 4.69) is 5.32 Å². The highest BCUT2D eigenvalue weighted by Gasteiger charge is 2.44. The number of hydrogen-bond donors (Lipinski definition) is 2. The van der Waals surface area contributed by atoms with E-state index in [-0.39, 0.29) is 16.7 Å². The van der Waals surface area contributed by atoms with E-state index in [0.29, 0.717) is 6.54 Å². The highest BCUT2D eigenvalue weighted by Crippen LogP contribution is 2.51. The van der Waals surface area contributed by atoms with Gasteiger partial charge in [-0.1, -0.05) is 36.4 Å². The molecule has 3 nitrogen and oxygen atoms in total. The molecule has 1 atom stereocenters. The van der Waals surface area contributed by atoms with Gasteiger partial charge in [-0.2, -0.15) is 13.2 Å². The Morgan fingerprint density at radius 2 is 1.85 bits per heavy atom. The molecule has 7 heteroatoms. The summed E-state index contributed by atoms with van der Waals surface area (Å²) in [5, 5.41) is 12.8. The van der Waals surface area contributed by atoms with Crippen molar-refractivity contribution in [2.24, 2.45) is 0 Å². The number of halogens is 3. The first-order valence-corrected chi connectivity index (χ1v) is 9.45. The van der Waals surface area contributed by atoms with Gasteiger partial charge in [-0.3, -0.25) is 4.79 Å². The van der Waals surface area contributed by atoms with Crippen molar-refractivity contribution in [1.29, 1.82) is 0 Å². The number of aliphatic hydroxyl groups excluding tert-OH is 1. The number of alkyl halides is 3. The van der Waals surface area contributed by atoms with Crippen molar-refractivity contribution in [3.8, 4) is 0 Å². The van der Waals surface area contributed by atoms with Gasteiger partial charge in [-0.25, -0.2) is 0 Å². The third-order valence-corrected chi connectivity index (χ3v) is 5.95. The largest absolute Gasteiger partial charge is 0.416 e. The second kappa shape index (κ2) is 7.94. The molecule has 0 spiro atoms. The Kier molecular flexibility index (Phi) is 5.81. The molecule has 1 amide bonds. The quantitative estimate of drug-likeness (QED) is 0.744. The lowest BCUT2D eigenvalue weighted by molar-refractivity contribution is -0.137. The second-order valence-corrected chi connectivity index (χ2v) is 8.28. The van der Waals surface area contributed by atoms with E-state index in [9.17, 15) is 23.1 Å². The van der Waals surface area contributed by atoms with Gasteiger partial charge in [0.2, 0.25) is 5.91 Å². The number of aliphatic hydroxyl groups is 1. The van der Waals surface area contributed by atoms with Crippen molar-refractivity contribution < 1.29 is 23.1 Å². The van der Waals surface area contributed by atoms with E-state index in [4.69, 9.17) is 0 Å². The Balaban J connectivity index is 1.53. The van der Waals surface area contributed by atoms with Gasteiger partial charge in [0.15, 0.2) is 0 Å². The molecule has 0 heterocycles. The lowest BCUT2D eigenvalue weighted by atomic mass is 10.0. The molecule has 3 rings (SSSR count). The van der Waals surface area contributed by atoms with Gasteiger partial charge in [0, 0.05) is 22.6 Å². The molecule has 1 aliphatic carbocycles. The predicted octanol–water partition coefficient (Wildman–Crippen LogP) is 4.05. The Labute approximate surface area is 160 Å². The molecular weight excluding hydrogens is 375 g/mol.